The Balaban J connectivity index is 1.92. The lowest BCUT2D eigenvalue weighted by molar-refractivity contribution is 0.0941. The van der Waals surface area contributed by atoms with Crippen molar-refractivity contribution in [1.29, 1.82) is 0 Å². The third-order valence-electron chi connectivity index (χ3n) is 3.63. The number of amides is 1. The number of imidazole rings is 1. The molecule has 5 heteroatoms. The largest absolute Gasteiger partial charge is 0.338 e. The monoisotopic (exact) mass is 325 g/mol. The van der Waals surface area contributed by atoms with Gasteiger partial charge in [-0.1, -0.05) is 41.9 Å². The third kappa shape index (κ3) is 3.43. The minimum absolute atomic E-state index is 0.168. The summed E-state index contributed by atoms with van der Waals surface area (Å²) in [6.07, 6.45) is 3.58. The fourth-order valence-electron chi connectivity index (χ4n) is 2.41. The first-order valence-corrected chi connectivity index (χ1v) is 7.61. The summed E-state index contributed by atoms with van der Waals surface area (Å²) in [4.78, 5) is 16.9. The summed E-state index contributed by atoms with van der Waals surface area (Å²) < 4.78 is 1.90. The number of aryl methyl sites for hydroxylation is 1. The molecular weight excluding hydrogens is 310 g/mol. The highest BCUT2D eigenvalue weighted by molar-refractivity contribution is 6.30. The fourth-order valence-corrected chi connectivity index (χ4v) is 2.54. The molecule has 0 bridgehead atoms. The number of rotatable bonds is 4. The number of nitrogens with one attached hydrogen (secondary N) is 1. The molecule has 0 saturated carbocycles. The summed E-state index contributed by atoms with van der Waals surface area (Å²) in [5.41, 5.74) is 1.54. The van der Waals surface area contributed by atoms with E-state index in [-0.39, 0.29) is 11.9 Å². The van der Waals surface area contributed by atoms with Crippen LogP contribution in [-0.2, 0) is 7.05 Å². The molecule has 1 N–H and O–H groups in total. The summed E-state index contributed by atoms with van der Waals surface area (Å²) in [5.74, 6) is 0.608. The standard InChI is InChI=1S/C18H16ClN3O/c1-22-12-11-20-17(22)16(13-5-3-2-4-6-13)21-18(23)14-7-9-15(19)10-8-14/h2-12,16H,1H3,(H,21,23)/t16-/m0/s1. The number of benzene rings is 2. The van der Waals surface area contributed by atoms with Crippen LogP contribution in [0.4, 0.5) is 0 Å². The molecule has 1 heterocycles. The zero-order valence-corrected chi connectivity index (χ0v) is 13.4. The number of carbonyl (C=O) groups excluding carboxylic acids is 1. The van der Waals surface area contributed by atoms with E-state index in [1.165, 1.54) is 0 Å². The van der Waals surface area contributed by atoms with E-state index in [2.05, 4.69) is 10.3 Å². The van der Waals surface area contributed by atoms with Gasteiger partial charge in [0, 0.05) is 30.0 Å². The highest BCUT2D eigenvalue weighted by Gasteiger charge is 2.21. The summed E-state index contributed by atoms with van der Waals surface area (Å²) >= 11 is 5.87. The first-order chi connectivity index (χ1) is 11.1. The Morgan fingerprint density at radius 1 is 1.13 bits per heavy atom. The Hall–Kier alpha value is -2.59. The first kappa shape index (κ1) is 15.3. The fraction of sp³-hybridized carbons (Fsp3) is 0.111. The lowest BCUT2D eigenvalue weighted by Gasteiger charge is -2.19. The highest BCUT2D eigenvalue weighted by Crippen LogP contribution is 2.21. The smallest absolute Gasteiger partial charge is 0.252 e. The van der Waals surface area contributed by atoms with Crippen LogP contribution in [0, 0.1) is 0 Å². The van der Waals surface area contributed by atoms with Crippen LogP contribution in [-0.4, -0.2) is 15.5 Å². The summed E-state index contributed by atoms with van der Waals surface area (Å²) in [6, 6.07) is 16.3. The number of carbonyl (C=O) groups is 1. The second-order valence-electron chi connectivity index (χ2n) is 5.22. The molecule has 1 amide bonds. The zero-order valence-electron chi connectivity index (χ0n) is 12.6. The highest BCUT2D eigenvalue weighted by atomic mass is 35.5. The van der Waals surface area contributed by atoms with Gasteiger partial charge < -0.3 is 9.88 Å². The molecule has 0 fully saturated rings. The van der Waals surface area contributed by atoms with E-state index in [0.29, 0.717) is 10.6 Å². The summed E-state index contributed by atoms with van der Waals surface area (Å²) in [7, 11) is 1.91. The van der Waals surface area contributed by atoms with Crippen molar-refractivity contribution >= 4 is 17.5 Å². The van der Waals surface area contributed by atoms with Crippen LogP contribution in [0.5, 0.6) is 0 Å². The molecule has 0 saturated heterocycles. The van der Waals surface area contributed by atoms with Crippen molar-refractivity contribution in [1.82, 2.24) is 14.9 Å². The van der Waals surface area contributed by atoms with Crippen molar-refractivity contribution in [3.63, 3.8) is 0 Å². The average molecular weight is 326 g/mol. The number of hydrogen-bond donors (Lipinski definition) is 1. The molecule has 3 aromatic rings. The Labute approximate surface area is 139 Å². The molecule has 2 aromatic carbocycles. The van der Waals surface area contributed by atoms with Crippen LogP contribution in [0.25, 0.3) is 0 Å². The van der Waals surface area contributed by atoms with Gasteiger partial charge in [-0.2, -0.15) is 0 Å². The molecule has 0 aliphatic rings. The maximum Gasteiger partial charge on any atom is 0.252 e. The normalized spacial score (nSPS) is 11.9. The molecule has 116 valence electrons. The summed E-state index contributed by atoms with van der Waals surface area (Å²) in [5, 5.41) is 3.65. The SMILES string of the molecule is Cn1ccnc1[C@@H](NC(=O)c1ccc(Cl)cc1)c1ccccc1. The number of nitrogens with zero attached hydrogens (tertiary/aromatic N) is 2. The van der Waals surface area contributed by atoms with E-state index in [1.807, 2.05) is 48.1 Å². The van der Waals surface area contributed by atoms with Gasteiger partial charge in [-0.25, -0.2) is 4.98 Å². The molecule has 4 nitrogen and oxygen atoms in total. The molecular formula is C18H16ClN3O. The van der Waals surface area contributed by atoms with E-state index in [0.717, 1.165) is 11.4 Å². The Morgan fingerprint density at radius 3 is 2.43 bits per heavy atom. The first-order valence-electron chi connectivity index (χ1n) is 7.24. The van der Waals surface area contributed by atoms with Gasteiger partial charge >= 0.3 is 0 Å². The average Bonchev–Trinajstić information content (AvgIpc) is 2.99. The Bertz CT molecular complexity index is 797. The van der Waals surface area contributed by atoms with Gasteiger partial charge in [-0.05, 0) is 29.8 Å². The van der Waals surface area contributed by atoms with E-state index in [1.54, 1.807) is 30.5 Å². The number of halogens is 1. The Kier molecular flexibility index (Phi) is 4.44. The minimum atomic E-state index is -0.320. The van der Waals surface area contributed by atoms with Gasteiger partial charge in [0.1, 0.15) is 11.9 Å². The number of aromatic nitrogens is 2. The molecule has 0 unspecified atom stereocenters. The molecule has 0 aliphatic heterocycles. The van der Waals surface area contributed by atoms with Gasteiger partial charge in [0.05, 0.1) is 0 Å². The molecule has 1 aromatic heterocycles. The minimum Gasteiger partial charge on any atom is -0.338 e. The molecule has 0 radical (unpaired) electrons. The topological polar surface area (TPSA) is 46.9 Å². The zero-order chi connectivity index (χ0) is 16.2. The van der Waals surface area contributed by atoms with Crippen molar-refractivity contribution in [2.45, 2.75) is 6.04 Å². The van der Waals surface area contributed by atoms with Crippen molar-refractivity contribution in [3.05, 3.63) is 89.0 Å². The Morgan fingerprint density at radius 2 is 1.83 bits per heavy atom. The van der Waals surface area contributed by atoms with Crippen LogP contribution >= 0.6 is 11.6 Å². The second kappa shape index (κ2) is 6.67. The van der Waals surface area contributed by atoms with Crippen LogP contribution in [0.15, 0.2) is 67.0 Å². The van der Waals surface area contributed by atoms with Crippen molar-refractivity contribution in [3.8, 4) is 0 Å². The van der Waals surface area contributed by atoms with E-state index in [4.69, 9.17) is 11.6 Å². The van der Waals surface area contributed by atoms with Crippen molar-refractivity contribution < 1.29 is 4.79 Å². The third-order valence-corrected chi connectivity index (χ3v) is 3.88. The molecule has 1 atom stereocenters. The van der Waals surface area contributed by atoms with Crippen LogP contribution in [0.3, 0.4) is 0 Å². The number of hydrogen-bond acceptors (Lipinski definition) is 2. The molecule has 23 heavy (non-hydrogen) atoms. The van der Waals surface area contributed by atoms with Crippen LogP contribution < -0.4 is 5.32 Å². The van der Waals surface area contributed by atoms with Crippen LogP contribution in [0.1, 0.15) is 27.8 Å². The predicted octanol–water partition coefficient (Wildman–Crippen LogP) is 3.59. The van der Waals surface area contributed by atoms with E-state index in [9.17, 15) is 4.79 Å². The van der Waals surface area contributed by atoms with Gasteiger partial charge in [0.15, 0.2) is 0 Å². The maximum absolute atomic E-state index is 12.6. The van der Waals surface area contributed by atoms with Gasteiger partial charge in [0.25, 0.3) is 5.91 Å². The quantitative estimate of drug-likeness (QED) is 0.796. The van der Waals surface area contributed by atoms with Gasteiger partial charge in [-0.3, -0.25) is 4.79 Å². The lowest BCUT2D eigenvalue weighted by atomic mass is 10.1. The summed E-state index contributed by atoms with van der Waals surface area (Å²) in [6.45, 7) is 0. The van der Waals surface area contributed by atoms with Gasteiger partial charge in [0.2, 0.25) is 0 Å². The molecule has 0 spiro atoms. The van der Waals surface area contributed by atoms with Crippen molar-refractivity contribution in [2.24, 2.45) is 7.05 Å². The molecule has 0 aliphatic carbocycles. The van der Waals surface area contributed by atoms with Crippen LogP contribution in [0.2, 0.25) is 5.02 Å². The predicted molar refractivity (Wildman–Crippen MR) is 90.4 cm³/mol. The maximum atomic E-state index is 12.6. The lowest BCUT2D eigenvalue weighted by Crippen LogP contribution is -2.31. The molecule has 3 rings (SSSR count). The van der Waals surface area contributed by atoms with E-state index >= 15 is 0 Å². The van der Waals surface area contributed by atoms with E-state index < -0.39 is 0 Å². The van der Waals surface area contributed by atoms with Crippen molar-refractivity contribution in [2.75, 3.05) is 0 Å². The second-order valence-corrected chi connectivity index (χ2v) is 5.66. The van der Waals surface area contributed by atoms with Gasteiger partial charge in [-0.15, -0.1) is 0 Å².